The standard InChI is InChI=1S/C29H29Cl3F3N3O4S/c1-17(2)36-28(40)19(4)37(15-20-7-8-21(30)13-26(20)32)27(39)16-38(43(41,42)23-10-5-18(3)6-11-23)22-9-12-25(31)24(14-22)29(33,34)35/h5-14,17,19H,15-16H2,1-4H3,(H,36,40)/t19-/m1/s1. The first-order chi connectivity index (χ1) is 19.9. The summed E-state index contributed by atoms with van der Waals surface area (Å²) in [5, 5.41) is 2.58. The number of hydrogen-bond donors (Lipinski definition) is 1. The van der Waals surface area contributed by atoms with Gasteiger partial charge in [0.2, 0.25) is 11.8 Å². The molecule has 43 heavy (non-hydrogen) atoms. The zero-order valence-electron chi connectivity index (χ0n) is 23.5. The molecule has 3 rings (SSSR count). The Hall–Kier alpha value is -2.99. The average Bonchev–Trinajstić information content (AvgIpc) is 2.90. The molecule has 0 heterocycles. The van der Waals surface area contributed by atoms with Gasteiger partial charge in [0.15, 0.2) is 0 Å². The fourth-order valence-electron chi connectivity index (χ4n) is 4.07. The van der Waals surface area contributed by atoms with Gasteiger partial charge in [0, 0.05) is 22.6 Å². The van der Waals surface area contributed by atoms with Crippen LogP contribution < -0.4 is 9.62 Å². The van der Waals surface area contributed by atoms with Crippen molar-refractivity contribution in [3.63, 3.8) is 0 Å². The molecule has 3 aromatic rings. The summed E-state index contributed by atoms with van der Waals surface area (Å²) in [6, 6.07) is 11.3. The van der Waals surface area contributed by atoms with Crippen molar-refractivity contribution < 1.29 is 31.2 Å². The van der Waals surface area contributed by atoms with E-state index >= 15 is 0 Å². The van der Waals surface area contributed by atoms with Gasteiger partial charge in [0.05, 0.1) is 21.2 Å². The van der Waals surface area contributed by atoms with Gasteiger partial charge in [-0.05, 0) is 75.7 Å². The lowest BCUT2D eigenvalue weighted by Crippen LogP contribution is -2.52. The molecule has 3 aromatic carbocycles. The highest BCUT2D eigenvalue weighted by Gasteiger charge is 2.37. The van der Waals surface area contributed by atoms with Gasteiger partial charge in [-0.3, -0.25) is 13.9 Å². The Balaban J connectivity index is 2.14. The molecule has 232 valence electrons. The number of aryl methyl sites for hydroxylation is 1. The zero-order chi connectivity index (χ0) is 32.3. The van der Waals surface area contributed by atoms with E-state index in [1.165, 1.54) is 43.3 Å². The molecule has 0 fully saturated rings. The third kappa shape index (κ3) is 8.56. The summed E-state index contributed by atoms with van der Waals surface area (Å²) in [5.41, 5.74) is -0.585. The number of carbonyl (C=O) groups excluding carboxylic acids is 2. The molecule has 14 heteroatoms. The van der Waals surface area contributed by atoms with Crippen LogP contribution in [-0.2, 0) is 32.3 Å². The van der Waals surface area contributed by atoms with E-state index in [9.17, 15) is 31.2 Å². The monoisotopic (exact) mass is 677 g/mol. The van der Waals surface area contributed by atoms with E-state index in [1.807, 2.05) is 0 Å². The lowest BCUT2D eigenvalue weighted by Gasteiger charge is -2.32. The first-order valence-corrected chi connectivity index (χ1v) is 15.5. The van der Waals surface area contributed by atoms with Crippen LogP contribution in [0.3, 0.4) is 0 Å². The average molecular weight is 679 g/mol. The Morgan fingerprint density at radius 1 is 0.907 bits per heavy atom. The van der Waals surface area contributed by atoms with Crippen LogP contribution >= 0.6 is 34.8 Å². The van der Waals surface area contributed by atoms with Gasteiger partial charge < -0.3 is 10.2 Å². The minimum atomic E-state index is -4.91. The number of hydrogen-bond acceptors (Lipinski definition) is 4. The van der Waals surface area contributed by atoms with Crippen molar-refractivity contribution in [2.75, 3.05) is 10.8 Å². The molecule has 0 bridgehead atoms. The minimum absolute atomic E-state index is 0.193. The van der Waals surface area contributed by atoms with Gasteiger partial charge in [0.25, 0.3) is 10.0 Å². The molecule has 0 aliphatic carbocycles. The smallest absolute Gasteiger partial charge is 0.352 e. The molecule has 0 spiro atoms. The number of anilines is 1. The Bertz CT molecular complexity index is 1600. The van der Waals surface area contributed by atoms with Crippen LogP contribution in [-0.4, -0.2) is 43.8 Å². The van der Waals surface area contributed by atoms with Crippen molar-refractivity contribution in [2.24, 2.45) is 0 Å². The lowest BCUT2D eigenvalue weighted by molar-refractivity contribution is -0.139. The molecule has 7 nitrogen and oxygen atoms in total. The predicted octanol–water partition coefficient (Wildman–Crippen LogP) is 7.11. The van der Waals surface area contributed by atoms with Crippen LogP contribution in [0.25, 0.3) is 0 Å². The van der Waals surface area contributed by atoms with Crippen LogP contribution in [0.4, 0.5) is 18.9 Å². The minimum Gasteiger partial charge on any atom is -0.352 e. The van der Waals surface area contributed by atoms with Gasteiger partial charge in [-0.15, -0.1) is 0 Å². The third-order valence-corrected chi connectivity index (χ3v) is 9.09. The molecule has 0 saturated heterocycles. The molecule has 0 unspecified atom stereocenters. The Labute approximate surface area is 263 Å². The molecule has 0 radical (unpaired) electrons. The molecule has 2 amide bonds. The maximum absolute atomic E-state index is 13.9. The van der Waals surface area contributed by atoms with E-state index in [2.05, 4.69) is 5.32 Å². The van der Waals surface area contributed by atoms with Crippen molar-refractivity contribution in [1.29, 1.82) is 0 Å². The van der Waals surface area contributed by atoms with Crippen LogP contribution in [0, 0.1) is 6.92 Å². The fraction of sp³-hybridized carbons (Fsp3) is 0.310. The van der Waals surface area contributed by atoms with Crippen molar-refractivity contribution in [1.82, 2.24) is 10.2 Å². The summed E-state index contributed by atoms with van der Waals surface area (Å²) < 4.78 is 69.6. The van der Waals surface area contributed by atoms with E-state index in [4.69, 9.17) is 34.8 Å². The summed E-state index contributed by atoms with van der Waals surface area (Å²) in [6.07, 6.45) is -4.91. The van der Waals surface area contributed by atoms with E-state index in [1.54, 1.807) is 26.8 Å². The summed E-state index contributed by atoms with van der Waals surface area (Å²) in [7, 11) is -4.59. The maximum atomic E-state index is 13.9. The van der Waals surface area contributed by atoms with Crippen molar-refractivity contribution in [3.05, 3.63) is 92.4 Å². The largest absolute Gasteiger partial charge is 0.417 e. The number of nitrogens with zero attached hydrogens (tertiary/aromatic N) is 2. The Kier molecular flexibility index (Phi) is 11.0. The third-order valence-electron chi connectivity index (χ3n) is 6.39. The number of halogens is 6. The number of sulfonamides is 1. The second-order valence-electron chi connectivity index (χ2n) is 10.1. The topological polar surface area (TPSA) is 86.8 Å². The van der Waals surface area contributed by atoms with Gasteiger partial charge in [-0.1, -0.05) is 58.6 Å². The number of rotatable bonds is 10. The normalized spacial score (nSPS) is 12.6. The predicted molar refractivity (Wildman–Crippen MR) is 162 cm³/mol. The number of benzene rings is 3. The van der Waals surface area contributed by atoms with E-state index in [0.29, 0.717) is 21.0 Å². The fourth-order valence-corrected chi connectivity index (χ4v) is 6.17. The number of nitrogens with one attached hydrogen (secondary N) is 1. The van der Waals surface area contributed by atoms with Crippen LogP contribution in [0.1, 0.15) is 37.5 Å². The van der Waals surface area contributed by atoms with Crippen molar-refractivity contribution >= 4 is 62.3 Å². The highest BCUT2D eigenvalue weighted by atomic mass is 35.5. The van der Waals surface area contributed by atoms with Gasteiger partial charge in [-0.25, -0.2) is 8.42 Å². The Morgan fingerprint density at radius 3 is 2.09 bits per heavy atom. The number of alkyl halides is 3. The van der Waals surface area contributed by atoms with Gasteiger partial charge in [0.1, 0.15) is 12.6 Å². The summed E-state index contributed by atoms with van der Waals surface area (Å²) >= 11 is 18.1. The SMILES string of the molecule is Cc1ccc(S(=O)(=O)N(CC(=O)N(Cc2ccc(Cl)cc2Cl)[C@H](C)C(=O)NC(C)C)c2ccc(Cl)c(C(F)(F)F)c2)cc1. The number of amides is 2. The first-order valence-electron chi connectivity index (χ1n) is 12.9. The highest BCUT2D eigenvalue weighted by molar-refractivity contribution is 7.92. The van der Waals surface area contributed by atoms with Gasteiger partial charge in [-0.2, -0.15) is 13.2 Å². The molecule has 1 N–H and O–H groups in total. The van der Waals surface area contributed by atoms with E-state index < -0.39 is 56.9 Å². The van der Waals surface area contributed by atoms with Gasteiger partial charge >= 0.3 is 6.18 Å². The van der Waals surface area contributed by atoms with Crippen LogP contribution in [0.2, 0.25) is 15.1 Å². The molecule has 1 atom stereocenters. The second-order valence-corrected chi connectivity index (χ2v) is 13.2. The summed E-state index contributed by atoms with van der Waals surface area (Å²) in [6.45, 7) is 5.45. The van der Waals surface area contributed by atoms with Crippen molar-refractivity contribution in [3.8, 4) is 0 Å². The highest BCUT2D eigenvalue weighted by Crippen LogP contribution is 2.38. The summed E-state index contributed by atoms with van der Waals surface area (Å²) in [5.74, 6) is -1.41. The van der Waals surface area contributed by atoms with Crippen LogP contribution in [0.5, 0.6) is 0 Å². The molecule has 0 saturated carbocycles. The molecular formula is C29H29Cl3F3N3O4S. The molecular weight excluding hydrogens is 650 g/mol. The van der Waals surface area contributed by atoms with E-state index in [-0.39, 0.29) is 22.5 Å². The lowest BCUT2D eigenvalue weighted by atomic mass is 10.1. The quantitative estimate of drug-likeness (QED) is 0.248. The molecule has 0 aliphatic rings. The molecule has 0 aromatic heterocycles. The van der Waals surface area contributed by atoms with Crippen LogP contribution in [0.15, 0.2) is 65.6 Å². The maximum Gasteiger partial charge on any atom is 0.417 e. The van der Waals surface area contributed by atoms with Crippen molar-refractivity contribution in [2.45, 2.75) is 57.4 Å². The number of carbonyl (C=O) groups is 2. The first kappa shape index (κ1) is 34.5. The zero-order valence-corrected chi connectivity index (χ0v) is 26.6. The molecule has 0 aliphatic heterocycles. The Morgan fingerprint density at radius 2 is 1.53 bits per heavy atom. The summed E-state index contributed by atoms with van der Waals surface area (Å²) in [4.78, 5) is 27.8. The second kappa shape index (κ2) is 13.8. The van der Waals surface area contributed by atoms with E-state index in [0.717, 1.165) is 22.6 Å².